The van der Waals surface area contributed by atoms with Gasteiger partial charge >= 0.3 is 0 Å². The molecule has 0 aliphatic carbocycles. The molecule has 3 heterocycles. The average Bonchev–Trinajstić information content (AvgIpc) is 3.16. The molecule has 0 spiro atoms. The number of aromatic nitrogens is 1. The van der Waals surface area contributed by atoms with Gasteiger partial charge in [-0.3, -0.25) is 0 Å². The third-order valence-corrected chi connectivity index (χ3v) is 8.31. The third kappa shape index (κ3) is 3.00. The summed E-state index contributed by atoms with van der Waals surface area (Å²) in [4.78, 5) is 6.89. The number of hydrogen-bond donors (Lipinski definition) is 0. The second-order valence-electron chi connectivity index (χ2n) is 7.07. The lowest BCUT2D eigenvalue weighted by molar-refractivity contribution is -0.0132. The molecule has 0 atom stereocenters. The summed E-state index contributed by atoms with van der Waals surface area (Å²) in [5.41, 5.74) is 1.94. The third-order valence-electron chi connectivity index (χ3n) is 5.51. The normalized spacial score (nSPS) is 21.5. The first kappa shape index (κ1) is 17.8. The molecule has 0 unspecified atom stereocenters. The Hall–Kier alpha value is -1.64. The van der Waals surface area contributed by atoms with E-state index < -0.39 is 10.0 Å². The zero-order valence-corrected chi connectivity index (χ0v) is 16.6. The van der Waals surface area contributed by atoms with Gasteiger partial charge in [0.1, 0.15) is 0 Å². The molecule has 6 nitrogen and oxygen atoms in total. The molecule has 2 aliphatic heterocycles. The van der Waals surface area contributed by atoms with Gasteiger partial charge in [0.25, 0.3) is 10.0 Å². The molecule has 1 saturated heterocycles. The molecule has 2 aromatic rings. The molecule has 2 aliphatic rings. The predicted molar refractivity (Wildman–Crippen MR) is 104 cm³/mol. The summed E-state index contributed by atoms with van der Waals surface area (Å²) >= 11 is 1.35. The SMILES string of the molecule is COC1(C)CCN(c2ccc3c(c2)CCN(c2nccs2)S3(=O)=O)CC1. The van der Waals surface area contributed by atoms with Crippen molar-refractivity contribution in [1.82, 2.24) is 4.98 Å². The van der Waals surface area contributed by atoms with Crippen molar-refractivity contribution in [2.75, 3.05) is 35.9 Å². The van der Waals surface area contributed by atoms with E-state index in [1.54, 1.807) is 24.8 Å². The fraction of sp³-hybridized carbons (Fsp3) is 0.500. The molecule has 0 radical (unpaired) electrons. The van der Waals surface area contributed by atoms with Crippen molar-refractivity contribution in [1.29, 1.82) is 0 Å². The lowest BCUT2D eigenvalue weighted by Gasteiger charge is -2.40. The molecule has 0 N–H and O–H groups in total. The summed E-state index contributed by atoms with van der Waals surface area (Å²) in [6.07, 6.45) is 4.28. The first-order valence-electron chi connectivity index (χ1n) is 8.78. The highest BCUT2D eigenvalue weighted by Crippen LogP contribution is 2.35. The number of fused-ring (bicyclic) bond motifs is 1. The van der Waals surface area contributed by atoms with Crippen LogP contribution in [0.15, 0.2) is 34.7 Å². The van der Waals surface area contributed by atoms with Crippen molar-refractivity contribution in [3.63, 3.8) is 0 Å². The molecular formula is C18H23N3O3S2. The van der Waals surface area contributed by atoms with Gasteiger partial charge in [-0.25, -0.2) is 17.7 Å². The van der Waals surface area contributed by atoms with Crippen LogP contribution in [0.25, 0.3) is 0 Å². The van der Waals surface area contributed by atoms with E-state index >= 15 is 0 Å². The molecule has 4 rings (SSSR count). The average molecular weight is 394 g/mol. The van der Waals surface area contributed by atoms with E-state index in [9.17, 15) is 8.42 Å². The van der Waals surface area contributed by atoms with E-state index in [0.717, 1.165) is 37.2 Å². The number of benzene rings is 1. The van der Waals surface area contributed by atoms with Crippen LogP contribution >= 0.6 is 11.3 Å². The smallest absolute Gasteiger partial charge is 0.266 e. The molecule has 0 amide bonds. The molecule has 140 valence electrons. The maximum absolute atomic E-state index is 13.0. The summed E-state index contributed by atoms with van der Waals surface area (Å²) in [6, 6.07) is 5.72. The van der Waals surface area contributed by atoms with Crippen LogP contribution in [0, 0.1) is 0 Å². The van der Waals surface area contributed by atoms with Crippen LogP contribution in [0.2, 0.25) is 0 Å². The Morgan fingerprint density at radius 2 is 2.00 bits per heavy atom. The van der Waals surface area contributed by atoms with Gasteiger partial charge in [0.15, 0.2) is 5.13 Å². The Kier molecular flexibility index (Phi) is 4.45. The lowest BCUT2D eigenvalue weighted by atomic mass is 9.93. The summed E-state index contributed by atoms with van der Waals surface area (Å²) in [6.45, 7) is 4.42. The van der Waals surface area contributed by atoms with E-state index in [0.29, 0.717) is 23.0 Å². The minimum absolute atomic E-state index is 0.0533. The second kappa shape index (κ2) is 6.51. The number of rotatable bonds is 3. The molecule has 0 saturated carbocycles. The lowest BCUT2D eigenvalue weighted by Crippen LogP contribution is -2.44. The van der Waals surface area contributed by atoms with Crippen LogP contribution in [0.3, 0.4) is 0 Å². The zero-order valence-electron chi connectivity index (χ0n) is 15.0. The molecule has 1 fully saturated rings. The topological polar surface area (TPSA) is 62.7 Å². The minimum Gasteiger partial charge on any atom is -0.378 e. The van der Waals surface area contributed by atoms with Gasteiger partial charge in [-0.1, -0.05) is 0 Å². The standard InChI is InChI=1S/C18H23N3O3S2/c1-18(24-2)6-10-20(11-7-18)15-3-4-16-14(13-15)5-9-21(26(16,22)23)17-19-8-12-25-17/h3-4,8,12-13H,5-7,9-11H2,1-2H3. The van der Waals surface area contributed by atoms with Crippen LogP contribution in [0.1, 0.15) is 25.3 Å². The van der Waals surface area contributed by atoms with Crippen LogP contribution in [0.4, 0.5) is 10.8 Å². The molecule has 8 heteroatoms. The Bertz CT molecular complexity index is 888. The monoisotopic (exact) mass is 393 g/mol. The second-order valence-corrected chi connectivity index (χ2v) is 9.78. The van der Waals surface area contributed by atoms with Crippen LogP contribution in [-0.4, -0.2) is 45.7 Å². The number of thiazole rings is 1. The van der Waals surface area contributed by atoms with Crippen LogP contribution in [-0.2, 0) is 21.2 Å². The zero-order chi connectivity index (χ0) is 18.4. The highest BCUT2D eigenvalue weighted by Gasteiger charge is 2.34. The highest BCUT2D eigenvalue weighted by atomic mass is 32.2. The van der Waals surface area contributed by atoms with E-state index in [2.05, 4.69) is 16.8 Å². The first-order valence-corrected chi connectivity index (χ1v) is 11.1. The quantitative estimate of drug-likeness (QED) is 0.802. The Morgan fingerprint density at radius 1 is 1.23 bits per heavy atom. The van der Waals surface area contributed by atoms with Gasteiger partial charge in [0.2, 0.25) is 0 Å². The Morgan fingerprint density at radius 3 is 2.65 bits per heavy atom. The molecule has 0 bridgehead atoms. The van der Waals surface area contributed by atoms with Crippen molar-refractivity contribution < 1.29 is 13.2 Å². The van der Waals surface area contributed by atoms with E-state index in [-0.39, 0.29) is 5.60 Å². The van der Waals surface area contributed by atoms with Gasteiger partial charge in [-0.05, 0) is 49.9 Å². The number of hydrogen-bond acceptors (Lipinski definition) is 6. The summed E-state index contributed by atoms with van der Waals surface area (Å²) in [5, 5.41) is 2.34. The number of methoxy groups -OCH3 is 1. The summed E-state index contributed by atoms with van der Waals surface area (Å²) < 4.78 is 33.0. The van der Waals surface area contributed by atoms with Gasteiger partial charge in [0.05, 0.1) is 10.5 Å². The van der Waals surface area contributed by atoms with Crippen molar-refractivity contribution >= 4 is 32.2 Å². The fourth-order valence-electron chi connectivity index (χ4n) is 3.65. The summed E-state index contributed by atoms with van der Waals surface area (Å²) in [7, 11) is -1.76. The number of anilines is 2. The minimum atomic E-state index is -3.53. The largest absolute Gasteiger partial charge is 0.378 e. The number of piperidine rings is 1. The maximum atomic E-state index is 13.0. The van der Waals surface area contributed by atoms with E-state index in [1.807, 2.05) is 12.1 Å². The molecule has 26 heavy (non-hydrogen) atoms. The van der Waals surface area contributed by atoms with Crippen LogP contribution < -0.4 is 9.21 Å². The van der Waals surface area contributed by atoms with Gasteiger partial charge < -0.3 is 9.64 Å². The summed E-state index contributed by atoms with van der Waals surface area (Å²) in [5.74, 6) is 0. The first-order chi connectivity index (χ1) is 12.4. The number of ether oxygens (including phenoxy) is 1. The Labute approximate surface area is 158 Å². The predicted octanol–water partition coefficient (Wildman–Crippen LogP) is 2.90. The number of nitrogens with zero attached hydrogens (tertiary/aromatic N) is 3. The van der Waals surface area contributed by atoms with E-state index in [4.69, 9.17) is 4.74 Å². The van der Waals surface area contributed by atoms with Gasteiger partial charge in [0, 0.05) is 44.0 Å². The molecular weight excluding hydrogens is 370 g/mol. The highest BCUT2D eigenvalue weighted by molar-refractivity contribution is 7.93. The van der Waals surface area contributed by atoms with Crippen molar-refractivity contribution in [3.8, 4) is 0 Å². The van der Waals surface area contributed by atoms with Crippen molar-refractivity contribution in [2.24, 2.45) is 0 Å². The van der Waals surface area contributed by atoms with Gasteiger partial charge in [-0.2, -0.15) is 0 Å². The molecule has 1 aromatic carbocycles. The van der Waals surface area contributed by atoms with E-state index in [1.165, 1.54) is 15.6 Å². The van der Waals surface area contributed by atoms with Crippen molar-refractivity contribution in [3.05, 3.63) is 35.3 Å². The maximum Gasteiger partial charge on any atom is 0.266 e. The van der Waals surface area contributed by atoms with Crippen LogP contribution in [0.5, 0.6) is 0 Å². The number of sulfonamides is 1. The van der Waals surface area contributed by atoms with Gasteiger partial charge in [-0.15, -0.1) is 11.3 Å². The van der Waals surface area contributed by atoms with Crippen molar-refractivity contribution in [2.45, 2.75) is 36.7 Å². The molecule has 1 aromatic heterocycles. The Balaban J connectivity index is 1.59. The fourth-order valence-corrected chi connectivity index (χ4v) is 6.20.